The maximum absolute atomic E-state index is 14.2. The highest BCUT2D eigenvalue weighted by Crippen LogP contribution is 2.25. The number of carbonyl (C=O) groups is 2. The molecule has 0 radical (unpaired) electrons. The van der Waals surface area contributed by atoms with Crippen molar-refractivity contribution in [3.05, 3.63) is 100 Å². The molecule has 0 heterocycles. The van der Waals surface area contributed by atoms with Gasteiger partial charge in [-0.05, 0) is 54.3 Å². The molecule has 0 spiro atoms. The van der Waals surface area contributed by atoms with Gasteiger partial charge in [0, 0.05) is 29.1 Å². The molecule has 2 amide bonds. The van der Waals surface area contributed by atoms with Crippen LogP contribution in [0.15, 0.2) is 78.9 Å². The van der Waals surface area contributed by atoms with Crippen LogP contribution in [0.2, 0.25) is 10.0 Å². The molecule has 7 nitrogen and oxygen atoms in total. The highest BCUT2D eigenvalue weighted by atomic mass is 35.5. The normalized spacial score (nSPS) is 14.7. The fourth-order valence-corrected chi connectivity index (χ4v) is 6.30. The van der Waals surface area contributed by atoms with Gasteiger partial charge in [0.15, 0.2) is 0 Å². The van der Waals surface area contributed by atoms with Gasteiger partial charge >= 0.3 is 0 Å². The summed E-state index contributed by atoms with van der Waals surface area (Å²) in [6, 6.07) is 22.0. The third kappa shape index (κ3) is 8.71. The summed E-state index contributed by atoms with van der Waals surface area (Å²) in [5, 5.41) is 4.08. The average Bonchev–Trinajstić information content (AvgIpc) is 2.95. The maximum atomic E-state index is 14.2. The molecule has 0 unspecified atom stereocenters. The summed E-state index contributed by atoms with van der Waals surface area (Å²) in [7, 11) is -3.85. The first-order chi connectivity index (χ1) is 19.6. The van der Waals surface area contributed by atoms with Crippen LogP contribution < -0.4 is 9.62 Å². The van der Waals surface area contributed by atoms with Gasteiger partial charge in [0.1, 0.15) is 12.6 Å². The second-order valence-electron chi connectivity index (χ2n) is 10.4. The van der Waals surface area contributed by atoms with Crippen LogP contribution >= 0.6 is 23.2 Å². The number of nitrogens with zero attached hydrogens (tertiary/aromatic N) is 2. The number of hydrogen-bond donors (Lipinski definition) is 1. The summed E-state index contributed by atoms with van der Waals surface area (Å²) in [6.07, 6.45) is 6.31. The molecule has 10 heteroatoms. The largest absolute Gasteiger partial charge is 0.352 e. The number of anilines is 1. The van der Waals surface area contributed by atoms with E-state index in [1.54, 1.807) is 42.5 Å². The molecule has 0 aromatic heterocycles. The van der Waals surface area contributed by atoms with E-state index >= 15 is 0 Å². The summed E-state index contributed by atoms with van der Waals surface area (Å²) in [5.74, 6) is -0.788. The van der Waals surface area contributed by atoms with E-state index < -0.39 is 28.5 Å². The van der Waals surface area contributed by atoms with Crippen LogP contribution in [0.25, 0.3) is 0 Å². The number of hydrogen-bond acceptors (Lipinski definition) is 4. The quantitative estimate of drug-likeness (QED) is 0.293. The molecule has 0 bridgehead atoms. The zero-order chi connectivity index (χ0) is 29.4. The molecule has 1 N–H and O–H groups in total. The zero-order valence-corrected chi connectivity index (χ0v) is 25.3. The van der Waals surface area contributed by atoms with Crippen molar-refractivity contribution in [2.75, 3.05) is 17.1 Å². The van der Waals surface area contributed by atoms with Gasteiger partial charge < -0.3 is 10.2 Å². The van der Waals surface area contributed by atoms with E-state index in [9.17, 15) is 18.0 Å². The Hall–Kier alpha value is -3.07. The molecule has 1 fully saturated rings. The summed E-state index contributed by atoms with van der Waals surface area (Å²) < 4.78 is 26.8. The second-order valence-corrected chi connectivity index (χ2v) is 13.2. The Morgan fingerprint density at radius 1 is 0.902 bits per heavy atom. The van der Waals surface area contributed by atoms with Gasteiger partial charge in [0.25, 0.3) is 0 Å². The van der Waals surface area contributed by atoms with E-state index in [1.165, 1.54) is 4.90 Å². The topological polar surface area (TPSA) is 86.8 Å². The van der Waals surface area contributed by atoms with E-state index in [2.05, 4.69) is 5.32 Å². The molecule has 4 rings (SSSR count). The van der Waals surface area contributed by atoms with Crippen LogP contribution in [0.5, 0.6) is 0 Å². The molecule has 1 aliphatic rings. The number of sulfonamides is 1. The number of benzene rings is 3. The van der Waals surface area contributed by atoms with Crippen LogP contribution in [0.3, 0.4) is 0 Å². The summed E-state index contributed by atoms with van der Waals surface area (Å²) in [5.41, 5.74) is 1.84. The lowest BCUT2D eigenvalue weighted by Gasteiger charge is -2.35. The van der Waals surface area contributed by atoms with E-state index in [1.807, 2.05) is 36.4 Å². The minimum atomic E-state index is -3.85. The fourth-order valence-electron chi connectivity index (χ4n) is 5.13. The molecule has 1 atom stereocenters. The van der Waals surface area contributed by atoms with Crippen LogP contribution in [-0.4, -0.2) is 50.0 Å². The van der Waals surface area contributed by atoms with Gasteiger partial charge in [-0.3, -0.25) is 13.9 Å². The molecule has 0 saturated heterocycles. The molecule has 3 aromatic rings. The molecule has 1 saturated carbocycles. The molecule has 0 aliphatic heterocycles. The number of rotatable bonds is 11. The minimum absolute atomic E-state index is 0.0340. The molecule has 1 aliphatic carbocycles. The Labute approximate surface area is 252 Å². The van der Waals surface area contributed by atoms with Gasteiger partial charge in [-0.15, -0.1) is 0 Å². The van der Waals surface area contributed by atoms with Crippen LogP contribution in [0.4, 0.5) is 5.69 Å². The van der Waals surface area contributed by atoms with Crippen molar-refractivity contribution >= 4 is 50.7 Å². The standard InChI is InChI=1S/C31H35Cl2N3O4S/c1-41(39,40)36(27-18-16-25(32)17-19-27)22-30(37)35(21-24-12-8-9-15-28(24)33)29(20-23-10-4-2-5-11-23)31(38)34-26-13-6-3-7-14-26/h2,4-5,8-12,15-19,26,29H,3,6-7,13-14,20-22H2,1H3,(H,34,38)/t29-/m0/s1. The summed E-state index contributed by atoms with van der Waals surface area (Å²) >= 11 is 12.5. The Kier molecular flexibility index (Phi) is 10.7. The first kappa shape index (κ1) is 30.9. The van der Waals surface area contributed by atoms with Gasteiger partial charge in [0.2, 0.25) is 21.8 Å². The number of halogens is 2. The zero-order valence-electron chi connectivity index (χ0n) is 23.0. The Morgan fingerprint density at radius 3 is 2.17 bits per heavy atom. The second kappa shape index (κ2) is 14.2. The highest BCUT2D eigenvalue weighted by molar-refractivity contribution is 7.92. The molecular formula is C31H35Cl2N3O4S. The summed E-state index contributed by atoms with van der Waals surface area (Å²) in [4.78, 5) is 29.6. The summed E-state index contributed by atoms with van der Waals surface area (Å²) in [6.45, 7) is -0.459. The Balaban J connectivity index is 1.72. The number of carbonyl (C=O) groups excluding carboxylic acids is 2. The molecule has 3 aromatic carbocycles. The van der Waals surface area contributed by atoms with Crippen molar-refractivity contribution in [2.24, 2.45) is 0 Å². The smallest absolute Gasteiger partial charge is 0.244 e. The van der Waals surface area contributed by atoms with E-state index in [-0.39, 0.29) is 24.9 Å². The molecule has 218 valence electrons. The van der Waals surface area contributed by atoms with Crippen molar-refractivity contribution in [1.82, 2.24) is 10.2 Å². The van der Waals surface area contributed by atoms with E-state index in [0.717, 1.165) is 48.2 Å². The Bertz CT molecular complexity index is 1430. The van der Waals surface area contributed by atoms with E-state index in [0.29, 0.717) is 21.3 Å². The van der Waals surface area contributed by atoms with Crippen molar-refractivity contribution in [1.29, 1.82) is 0 Å². The third-order valence-corrected chi connectivity index (χ3v) is 9.08. The monoisotopic (exact) mass is 615 g/mol. The van der Waals surface area contributed by atoms with Gasteiger partial charge in [-0.1, -0.05) is 91.0 Å². The fraction of sp³-hybridized carbons (Fsp3) is 0.355. The van der Waals surface area contributed by atoms with Crippen molar-refractivity contribution in [2.45, 2.75) is 57.2 Å². The maximum Gasteiger partial charge on any atom is 0.244 e. The van der Waals surface area contributed by atoms with Crippen molar-refractivity contribution < 1.29 is 18.0 Å². The van der Waals surface area contributed by atoms with Gasteiger partial charge in [0.05, 0.1) is 11.9 Å². The van der Waals surface area contributed by atoms with Crippen LogP contribution in [0, 0.1) is 0 Å². The first-order valence-corrected chi connectivity index (χ1v) is 16.3. The van der Waals surface area contributed by atoms with Crippen LogP contribution in [-0.2, 0) is 32.6 Å². The predicted molar refractivity (Wildman–Crippen MR) is 165 cm³/mol. The predicted octanol–water partition coefficient (Wildman–Crippen LogP) is 5.85. The number of nitrogens with one attached hydrogen (secondary N) is 1. The highest BCUT2D eigenvalue weighted by Gasteiger charge is 2.34. The lowest BCUT2D eigenvalue weighted by Crippen LogP contribution is -2.55. The van der Waals surface area contributed by atoms with Gasteiger partial charge in [-0.2, -0.15) is 0 Å². The first-order valence-electron chi connectivity index (χ1n) is 13.7. The molecule has 41 heavy (non-hydrogen) atoms. The third-order valence-electron chi connectivity index (χ3n) is 7.31. The minimum Gasteiger partial charge on any atom is -0.352 e. The van der Waals surface area contributed by atoms with Crippen molar-refractivity contribution in [3.8, 4) is 0 Å². The van der Waals surface area contributed by atoms with Crippen molar-refractivity contribution in [3.63, 3.8) is 0 Å². The van der Waals surface area contributed by atoms with Gasteiger partial charge in [-0.25, -0.2) is 8.42 Å². The lowest BCUT2D eigenvalue weighted by atomic mass is 9.94. The van der Waals surface area contributed by atoms with Crippen LogP contribution in [0.1, 0.15) is 43.2 Å². The average molecular weight is 617 g/mol. The Morgan fingerprint density at radius 2 is 1.54 bits per heavy atom. The number of amides is 2. The SMILES string of the molecule is CS(=O)(=O)N(CC(=O)N(Cc1ccccc1Cl)[C@@H](Cc1ccccc1)C(=O)NC1CCCCC1)c1ccc(Cl)cc1. The molecular weight excluding hydrogens is 581 g/mol. The van der Waals surface area contributed by atoms with E-state index in [4.69, 9.17) is 23.2 Å². The lowest BCUT2D eigenvalue weighted by molar-refractivity contribution is -0.140.